The fraction of sp³-hybridized carbons (Fsp3) is 0.567. The molecule has 1 heterocycles. The van der Waals surface area contributed by atoms with Crippen LogP contribution in [0.3, 0.4) is 0 Å². The van der Waals surface area contributed by atoms with Gasteiger partial charge in [-0.15, -0.1) is 0 Å². The maximum atomic E-state index is 12.7. The van der Waals surface area contributed by atoms with Crippen molar-refractivity contribution in [3.8, 4) is 11.5 Å². The number of phenols is 1. The number of carboxylic acid groups (broad SMARTS) is 2. The summed E-state index contributed by atoms with van der Waals surface area (Å²) in [7, 11) is 0. The molecule has 3 atom stereocenters. The molecule has 0 saturated carbocycles. The van der Waals surface area contributed by atoms with Crippen molar-refractivity contribution in [1.29, 1.82) is 0 Å². The molecule has 0 bridgehead atoms. The number of aryl methyl sites for hydroxylation is 1. The van der Waals surface area contributed by atoms with Gasteiger partial charge >= 0.3 is 17.9 Å². The summed E-state index contributed by atoms with van der Waals surface area (Å²) in [5.41, 5.74) is 1.67. The predicted molar refractivity (Wildman–Crippen MR) is 165 cm³/mol. The lowest BCUT2D eigenvalue weighted by Gasteiger charge is -2.37. The van der Waals surface area contributed by atoms with Crippen LogP contribution in [0.5, 0.6) is 11.5 Å². The monoisotopic (exact) mass is 667 g/mol. The number of Topliss-reactive ketones (excluding diaryl/α,β-unsaturated/α-hetero) is 1. The third-order valence-electron chi connectivity index (χ3n) is 7.42. The van der Waals surface area contributed by atoms with Crippen LogP contribution in [0, 0.1) is 13.8 Å². The summed E-state index contributed by atoms with van der Waals surface area (Å²) in [6, 6.07) is -1.04. The van der Waals surface area contributed by atoms with E-state index in [1.807, 2.05) is 13.8 Å². The van der Waals surface area contributed by atoms with E-state index in [1.54, 1.807) is 13.0 Å². The molecular weight excluding hydrogens is 626 g/mol. The lowest BCUT2D eigenvalue weighted by Crippen LogP contribution is -2.50. The largest absolute Gasteiger partial charge is 0.508 e. The molecule has 16 heteroatoms. The average Bonchev–Trinajstić information content (AvgIpc) is 2.99. The number of ether oxygens (including phenoxy) is 2. The number of thioether (sulfide) groups is 1. The third-order valence-corrected chi connectivity index (χ3v) is 8.46. The lowest BCUT2D eigenvalue weighted by molar-refractivity contribution is -0.152. The highest BCUT2D eigenvalue weighted by Gasteiger charge is 2.34. The van der Waals surface area contributed by atoms with E-state index in [0.29, 0.717) is 24.2 Å². The number of carboxylic acids is 2. The van der Waals surface area contributed by atoms with Gasteiger partial charge < -0.3 is 40.7 Å². The lowest BCUT2D eigenvalue weighted by atomic mass is 9.87. The number of benzene rings is 1. The van der Waals surface area contributed by atoms with E-state index in [4.69, 9.17) is 9.84 Å². The summed E-state index contributed by atoms with van der Waals surface area (Å²) < 4.78 is 10.9. The number of amides is 3. The normalized spacial score (nSPS) is 16.5. The first-order chi connectivity index (χ1) is 21.6. The summed E-state index contributed by atoms with van der Waals surface area (Å²) >= 11 is 0.835. The molecule has 1 aliphatic heterocycles. The number of carbonyl (C=O) groups excluding carboxylic acids is 5. The van der Waals surface area contributed by atoms with Crippen LogP contribution in [-0.4, -0.2) is 99.1 Å². The molecule has 0 aliphatic carbocycles. The minimum absolute atomic E-state index is 0.00164. The van der Waals surface area contributed by atoms with Crippen LogP contribution in [0.4, 0.5) is 0 Å². The summed E-state index contributed by atoms with van der Waals surface area (Å²) in [5, 5.41) is 35.5. The van der Waals surface area contributed by atoms with Gasteiger partial charge in [0.1, 0.15) is 35.7 Å². The highest BCUT2D eigenvalue weighted by molar-refractivity contribution is 8.00. The molecule has 0 saturated heterocycles. The van der Waals surface area contributed by atoms with E-state index in [-0.39, 0.29) is 43.1 Å². The number of aromatic hydroxyl groups is 1. The molecule has 1 aromatic rings. The fourth-order valence-corrected chi connectivity index (χ4v) is 5.49. The molecule has 3 amide bonds. The molecule has 1 aromatic carbocycles. The summed E-state index contributed by atoms with van der Waals surface area (Å²) in [4.78, 5) is 83.9. The summed E-state index contributed by atoms with van der Waals surface area (Å²) in [6.07, 6.45) is 0.724. The SMILES string of the molecule is CCOC(=O)C(=O)CSCC(NC(=O)CCC(NC(=O)CCC1(C)CCc2cc(O)c(C)c(C)c2O1)C(=O)O)C(=O)NCC(=O)O. The van der Waals surface area contributed by atoms with E-state index < -0.39 is 72.1 Å². The van der Waals surface area contributed by atoms with Crippen LogP contribution >= 0.6 is 11.8 Å². The molecule has 2 rings (SSSR count). The van der Waals surface area contributed by atoms with Crippen molar-refractivity contribution in [2.75, 3.05) is 24.7 Å². The number of hydrogen-bond acceptors (Lipinski definition) is 11. The van der Waals surface area contributed by atoms with E-state index in [1.165, 1.54) is 6.92 Å². The van der Waals surface area contributed by atoms with Crippen LogP contribution in [0.15, 0.2) is 6.07 Å². The number of nitrogens with one attached hydrogen (secondary N) is 3. The van der Waals surface area contributed by atoms with Crippen molar-refractivity contribution in [1.82, 2.24) is 16.0 Å². The topological polar surface area (TPSA) is 235 Å². The Kier molecular flexibility index (Phi) is 14.3. The summed E-state index contributed by atoms with van der Waals surface area (Å²) in [5.74, 6) is -6.50. The Morgan fingerprint density at radius 3 is 2.30 bits per heavy atom. The van der Waals surface area contributed by atoms with E-state index >= 15 is 0 Å². The number of rotatable bonds is 18. The second-order valence-corrected chi connectivity index (χ2v) is 12.1. The van der Waals surface area contributed by atoms with Gasteiger partial charge in [0.25, 0.3) is 0 Å². The van der Waals surface area contributed by atoms with Gasteiger partial charge in [0.05, 0.1) is 12.4 Å². The zero-order valence-corrected chi connectivity index (χ0v) is 27.0. The van der Waals surface area contributed by atoms with Crippen molar-refractivity contribution in [2.24, 2.45) is 0 Å². The van der Waals surface area contributed by atoms with Crippen LogP contribution < -0.4 is 20.7 Å². The maximum absolute atomic E-state index is 12.7. The van der Waals surface area contributed by atoms with Crippen molar-refractivity contribution in [2.45, 2.75) is 83.9 Å². The zero-order chi connectivity index (χ0) is 34.6. The molecule has 15 nitrogen and oxygen atoms in total. The second kappa shape index (κ2) is 17.4. The third kappa shape index (κ3) is 11.5. The minimum Gasteiger partial charge on any atom is -0.508 e. The van der Waals surface area contributed by atoms with Crippen molar-refractivity contribution in [3.63, 3.8) is 0 Å². The van der Waals surface area contributed by atoms with Gasteiger partial charge in [0.2, 0.25) is 23.5 Å². The molecule has 1 aliphatic rings. The maximum Gasteiger partial charge on any atom is 0.375 e. The first-order valence-corrected chi connectivity index (χ1v) is 15.8. The first-order valence-electron chi connectivity index (χ1n) is 14.7. The molecule has 254 valence electrons. The quantitative estimate of drug-likeness (QED) is 0.0939. The number of fused-ring (bicyclic) bond motifs is 1. The van der Waals surface area contributed by atoms with Gasteiger partial charge in [-0.25, -0.2) is 9.59 Å². The molecule has 0 radical (unpaired) electrons. The smallest absolute Gasteiger partial charge is 0.375 e. The molecule has 0 spiro atoms. The van der Waals surface area contributed by atoms with Crippen molar-refractivity contribution < 1.29 is 58.4 Å². The van der Waals surface area contributed by atoms with Crippen molar-refractivity contribution in [3.05, 3.63) is 22.8 Å². The fourth-order valence-electron chi connectivity index (χ4n) is 4.59. The Balaban J connectivity index is 1.93. The molecule has 46 heavy (non-hydrogen) atoms. The van der Waals surface area contributed by atoms with Gasteiger partial charge in [0.15, 0.2) is 0 Å². The second-order valence-electron chi connectivity index (χ2n) is 11.1. The van der Waals surface area contributed by atoms with Crippen LogP contribution in [-0.2, 0) is 44.7 Å². The van der Waals surface area contributed by atoms with Gasteiger partial charge in [-0.05, 0) is 76.1 Å². The molecule has 3 unspecified atom stereocenters. The standard InChI is InChI=1S/C30H41N3O12S/c1-5-44-29(43)22(35)15-46-14-20(27(40)31-13-25(38)39)33-23(36)7-6-19(28(41)42)32-24(37)9-11-30(4)10-8-18-12-21(34)16(2)17(3)26(18)45-30/h12,19-20,34H,5-11,13-15H2,1-4H3,(H,31,40)(H,32,37)(H,33,36)(H,38,39)(H,41,42). The Morgan fingerprint density at radius 1 is 1.02 bits per heavy atom. The number of phenolic OH excluding ortho intramolecular Hbond substituents is 1. The Morgan fingerprint density at radius 2 is 1.67 bits per heavy atom. The number of esters is 1. The minimum atomic E-state index is -1.41. The molecular formula is C30H41N3O12S. The van der Waals surface area contributed by atoms with E-state index in [9.17, 15) is 43.8 Å². The number of hydrogen-bond donors (Lipinski definition) is 6. The molecule has 6 N–H and O–H groups in total. The average molecular weight is 668 g/mol. The van der Waals surface area contributed by atoms with Gasteiger partial charge in [0, 0.05) is 18.6 Å². The summed E-state index contributed by atoms with van der Waals surface area (Å²) in [6.45, 7) is 6.28. The van der Waals surface area contributed by atoms with E-state index in [0.717, 1.165) is 22.9 Å². The van der Waals surface area contributed by atoms with Crippen LogP contribution in [0.2, 0.25) is 0 Å². The molecule has 0 fully saturated rings. The van der Waals surface area contributed by atoms with Gasteiger partial charge in [-0.2, -0.15) is 11.8 Å². The number of carbonyl (C=O) groups is 7. The predicted octanol–water partition coefficient (Wildman–Crippen LogP) is 0.774. The number of aliphatic carboxylic acids is 2. The van der Waals surface area contributed by atoms with E-state index in [2.05, 4.69) is 20.7 Å². The van der Waals surface area contributed by atoms with Gasteiger partial charge in [-0.1, -0.05) is 0 Å². The van der Waals surface area contributed by atoms with Crippen LogP contribution in [0.1, 0.15) is 62.6 Å². The molecule has 0 aromatic heterocycles. The Hall–Kier alpha value is -4.34. The number of ketones is 1. The highest BCUT2D eigenvalue weighted by atomic mass is 32.2. The van der Waals surface area contributed by atoms with Crippen molar-refractivity contribution >= 4 is 53.2 Å². The Labute approximate surface area is 270 Å². The Bertz CT molecular complexity index is 1350. The van der Waals surface area contributed by atoms with Gasteiger partial charge in [-0.3, -0.25) is 24.0 Å². The van der Waals surface area contributed by atoms with Crippen LogP contribution in [0.25, 0.3) is 0 Å². The highest BCUT2D eigenvalue weighted by Crippen LogP contribution is 2.41. The zero-order valence-electron chi connectivity index (χ0n) is 26.2. The first kappa shape index (κ1) is 37.8.